The Labute approximate surface area is 162 Å². The number of aryl methyl sites for hydroxylation is 1. The fourth-order valence-electron chi connectivity index (χ4n) is 3.67. The monoisotopic (exact) mass is 386 g/mol. The first kappa shape index (κ1) is 18.8. The SMILES string of the molecule is Cc1ccc(-c2[nH]ncc2CNC2CCN(Cc3ccc(F)c(F)c3)CC2)o1. The fraction of sp³-hybridized carbons (Fsp3) is 0.381. The van der Waals surface area contributed by atoms with E-state index in [2.05, 4.69) is 20.4 Å². The van der Waals surface area contributed by atoms with Crippen LogP contribution in [0.4, 0.5) is 8.78 Å². The zero-order valence-corrected chi connectivity index (χ0v) is 15.8. The van der Waals surface area contributed by atoms with Crippen LogP contribution >= 0.6 is 0 Å². The molecule has 3 heterocycles. The van der Waals surface area contributed by atoms with Crippen molar-refractivity contribution in [3.8, 4) is 11.5 Å². The van der Waals surface area contributed by atoms with E-state index in [0.29, 0.717) is 12.6 Å². The standard InChI is InChI=1S/C21H24F2N4O/c1-14-2-5-20(28-14)21-16(12-25-26-21)11-24-17-6-8-27(9-7-17)13-15-3-4-18(22)19(23)10-15/h2-5,10,12,17,24H,6-9,11,13H2,1H3,(H,25,26). The molecular formula is C21H24F2N4O. The molecule has 148 valence electrons. The molecule has 1 aromatic carbocycles. The van der Waals surface area contributed by atoms with Crippen LogP contribution in [0.15, 0.2) is 40.9 Å². The van der Waals surface area contributed by atoms with Gasteiger partial charge in [0.05, 0.1) is 6.20 Å². The number of hydrogen-bond acceptors (Lipinski definition) is 4. The van der Waals surface area contributed by atoms with Crippen LogP contribution in [0.25, 0.3) is 11.5 Å². The number of halogens is 2. The minimum atomic E-state index is -0.796. The first-order valence-electron chi connectivity index (χ1n) is 9.57. The number of hydrogen-bond donors (Lipinski definition) is 2. The van der Waals surface area contributed by atoms with Crippen molar-refractivity contribution in [3.63, 3.8) is 0 Å². The number of piperidine rings is 1. The lowest BCUT2D eigenvalue weighted by Crippen LogP contribution is -2.41. The van der Waals surface area contributed by atoms with Crippen molar-refractivity contribution in [2.24, 2.45) is 0 Å². The van der Waals surface area contributed by atoms with E-state index in [0.717, 1.165) is 60.8 Å². The molecule has 1 aliphatic heterocycles. The van der Waals surface area contributed by atoms with Crippen LogP contribution < -0.4 is 5.32 Å². The summed E-state index contributed by atoms with van der Waals surface area (Å²) in [6, 6.07) is 8.44. The Morgan fingerprint density at radius 2 is 2.00 bits per heavy atom. The summed E-state index contributed by atoms with van der Waals surface area (Å²) in [4.78, 5) is 2.28. The second kappa shape index (κ2) is 8.24. The molecule has 0 aliphatic carbocycles. The van der Waals surface area contributed by atoms with E-state index in [1.165, 1.54) is 12.1 Å². The minimum Gasteiger partial charge on any atom is -0.460 e. The molecule has 0 amide bonds. The Bertz CT molecular complexity index is 928. The van der Waals surface area contributed by atoms with Crippen molar-refractivity contribution >= 4 is 0 Å². The Hall–Kier alpha value is -2.51. The van der Waals surface area contributed by atoms with E-state index in [-0.39, 0.29) is 0 Å². The molecule has 4 rings (SSSR count). The van der Waals surface area contributed by atoms with Gasteiger partial charge < -0.3 is 9.73 Å². The number of H-pyrrole nitrogens is 1. The molecule has 1 saturated heterocycles. The molecule has 1 aliphatic rings. The van der Waals surface area contributed by atoms with Crippen LogP contribution in [0.1, 0.15) is 29.7 Å². The number of rotatable bonds is 6. The van der Waals surface area contributed by atoms with E-state index >= 15 is 0 Å². The van der Waals surface area contributed by atoms with Crippen molar-refractivity contribution < 1.29 is 13.2 Å². The van der Waals surface area contributed by atoms with Crippen LogP contribution in [0.5, 0.6) is 0 Å². The smallest absolute Gasteiger partial charge is 0.159 e. The summed E-state index contributed by atoms with van der Waals surface area (Å²) < 4.78 is 32.1. The Morgan fingerprint density at radius 1 is 1.18 bits per heavy atom. The summed E-state index contributed by atoms with van der Waals surface area (Å²) in [5.41, 5.74) is 2.80. The first-order valence-corrected chi connectivity index (χ1v) is 9.57. The average molecular weight is 386 g/mol. The van der Waals surface area contributed by atoms with Crippen LogP contribution in [-0.2, 0) is 13.1 Å². The molecule has 0 saturated carbocycles. The van der Waals surface area contributed by atoms with Gasteiger partial charge in [-0.3, -0.25) is 10.00 Å². The van der Waals surface area contributed by atoms with Gasteiger partial charge in [-0.15, -0.1) is 0 Å². The maximum atomic E-state index is 13.4. The van der Waals surface area contributed by atoms with Crippen molar-refractivity contribution in [2.45, 2.75) is 38.9 Å². The van der Waals surface area contributed by atoms with Crippen molar-refractivity contribution in [1.29, 1.82) is 0 Å². The molecule has 0 atom stereocenters. The number of likely N-dealkylation sites (tertiary alicyclic amines) is 1. The molecule has 0 unspecified atom stereocenters. The summed E-state index contributed by atoms with van der Waals surface area (Å²) in [7, 11) is 0. The van der Waals surface area contributed by atoms with Crippen molar-refractivity contribution in [3.05, 3.63) is 65.1 Å². The predicted molar refractivity (Wildman–Crippen MR) is 103 cm³/mol. The molecule has 28 heavy (non-hydrogen) atoms. The maximum absolute atomic E-state index is 13.4. The van der Waals surface area contributed by atoms with Crippen LogP contribution in [0.3, 0.4) is 0 Å². The van der Waals surface area contributed by atoms with E-state index in [9.17, 15) is 8.78 Å². The number of aromatic nitrogens is 2. The fourth-order valence-corrected chi connectivity index (χ4v) is 3.67. The average Bonchev–Trinajstić information content (AvgIpc) is 3.33. The number of nitrogens with zero attached hydrogens (tertiary/aromatic N) is 2. The summed E-state index contributed by atoms with van der Waals surface area (Å²) in [6.45, 7) is 5.14. The van der Waals surface area contributed by atoms with Gasteiger partial charge in [0.2, 0.25) is 0 Å². The highest BCUT2D eigenvalue weighted by atomic mass is 19.2. The van der Waals surface area contributed by atoms with E-state index in [1.807, 2.05) is 25.3 Å². The predicted octanol–water partition coefficient (Wildman–Crippen LogP) is 4.01. The quantitative estimate of drug-likeness (QED) is 0.672. The summed E-state index contributed by atoms with van der Waals surface area (Å²) in [5.74, 6) is 0.0942. The van der Waals surface area contributed by atoms with E-state index < -0.39 is 11.6 Å². The Balaban J connectivity index is 1.27. The van der Waals surface area contributed by atoms with Gasteiger partial charge >= 0.3 is 0 Å². The highest BCUT2D eigenvalue weighted by molar-refractivity contribution is 5.56. The lowest BCUT2D eigenvalue weighted by atomic mass is 10.0. The van der Waals surface area contributed by atoms with Gasteiger partial charge in [-0.1, -0.05) is 6.07 Å². The molecule has 2 aromatic heterocycles. The second-order valence-electron chi connectivity index (χ2n) is 7.36. The lowest BCUT2D eigenvalue weighted by molar-refractivity contribution is 0.190. The molecule has 0 spiro atoms. The van der Waals surface area contributed by atoms with Crippen molar-refractivity contribution in [2.75, 3.05) is 13.1 Å². The number of nitrogens with one attached hydrogen (secondary N) is 2. The Kier molecular flexibility index (Phi) is 5.54. The topological polar surface area (TPSA) is 57.1 Å². The third-order valence-corrected chi connectivity index (χ3v) is 5.26. The van der Waals surface area contributed by atoms with Gasteiger partial charge in [0.1, 0.15) is 11.5 Å². The minimum absolute atomic E-state index is 0.419. The van der Waals surface area contributed by atoms with Gasteiger partial charge in [-0.05, 0) is 62.7 Å². The molecule has 1 fully saturated rings. The highest BCUT2D eigenvalue weighted by Gasteiger charge is 2.20. The van der Waals surface area contributed by atoms with Gasteiger partial charge in [0.25, 0.3) is 0 Å². The third-order valence-electron chi connectivity index (χ3n) is 5.26. The summed E-state index contributed by atoms with van der Waals surface area (Å²) in [5, 5.41) is 10.8. The molecule has 5 nitrogen and oxygen atoms in total. The largest absolute Gasteiger partial charge is 0.460 e. The molecular weight excluding hydrogens is 362 g/mol. The summed E-state index contributed by atoms with van der Waals surface area (Å²) >= 11 is 0. The normalized spacial score (nSPS) is 16.0. The zero-order chi connectivity index (χ0) is 19.5. The van der Waals surface area contributed by atoms with Gasteiger partial charge in [-0.2, -0.15) is 5.10 Å². The summed E-state index contributed by atoms with van der Waals surface area (Å²) in [6.07, 6.45) is 3.85. The number of benzene rings is 1. The van der Waals surface area contributed by atoms with Crippen molar-refractivity contribution in [1.82, 2.24) is 20.4 Å². The lowest BCUT2D eigenvalue weighted by Gasteiger charge is -2.32. The van der Waals surface area contributed by atoms with E-state index in [4.69, 9.17) is 4.42 Å². The van der Waals surface area contributed by atoms with Crippen LogP contribution in [0, 0.1) is 18.6 Å². The molecule has 3 aromatic rings. The molecule has 7 heteroatoms. The van der Waals surface area contributed by atoms with Gasteiger partial charge in [0.15, 0.2) is 17.4 Å². The number of furan rings is 1. The molecule has 2 N–H and O–H groups in total. The molecule has 0 bridgehead atoms. The third kappa shape index (κ3) is 4.31. The highest BCUT2D eigenvalue weighted by Crippen LogP contribution is 2.24. The second-order valence-corrected chi connectivity index (χ2v) is 7.36. The van der Waals surface area contributed by atoms with Crippen LogP contribution in [-0.4, -0.2) is 34.2 Å². The van der Waals surface area contributed by atoms with Gasteiger partial charge in [-0.25, -0.2) is 8.78 Å². The van der Waals surface area contributed by atoms with E-state index in [1.54, 1.807) is 6.07 Å². The van der Waals surface area contributed by atoms with Gasteiger partial charge in [0, 0.05) is 24.7 Å². The molecule has 0 radical (unpaired) electrons. The zero-order valence-electron chi connectivity index (χ0n) is 15.8. The Morgan fingerprint density at radius 3 is 2.71 bits per heavy atom. The first-order chi connectivity index (χ1) is 13.6. The number of aromatic amines is 1. The van der Waals surface area contributed by atoms with Crippen LogP contribution in [0.2, 0.25) is 0 Å². The maximum Gasteiger partial charge on any atom is 0.159 e.